The van der Waals surface area contributed by atoms with Gasteiger partial charge in [-0.1, -0.05) is 11.6 Å². The van der Waals surface area contributed by atoms with Gasteiger partial charge in [0.2, 0.25) is 5.75 Å². The number of aromatic nitrogens is 1. The SMILES string of the molecule is COc1ccc(Cl)cc1C(=O)n1ccc2cc(-c3cc(=O)c4c(OC)c(OC)c(OC)cc4o3)ccc21. The van der Waals surface area contributed by atoms with Crippen molar-refractivity contribution >= 4 is 39.4 Å². The molecule has 5 aromatic rings. The molecule has 0 spiro atoms. The van der Waals surface area contributed by atoms with Crippen molar-refractivity contribution in [2.75, 3.05) is 28.4 Å². The van der Waals surface area contributed by atoms with Gasteiger partial charge in [-0.3, -0.25) is 14.2 Å². The number of nitrogens with zero attached hydrogens (tertiary/aromatic N) is 1. The van der Waals surface area contributed by atoms with Crippen molar-refractivity contribution in [1.82, 2.24) is 4.57 Å². The number of fused-ring (bicyclic) bond motifs is 2. The van der Waals surface area contributed by atoms with Gasteiger partial charge in [-0.05, 0) is 42.5 Å². The van der Waals surface area contributed by atoms with Crippen LogP contribution in [0.15, 0.2) is 70.0 Å². The van der Waals surface area contributed by atoms with E-state index in [9.17, 15) is 9.59 Å². The summed E-state index contributed by atoms with van der Waals surface area (Å²) in [5.41, 5.74) is 1.67. The van der Waals surface area contributed by atoms with Crippen LogP contribution in [-0.4, -0.2) is 38.9 Å². The van der Waals surface area contributed by atoms with Gasteiger partial charge in [0.25, 0.3) is 5.91 Å². The van der Waals surface area contributed by atoms with Crippen LogP contribution in [0.25, 0.3) is 33.2 Å². The number of methoxy groups -OCH3 is 4. The fourth-order valence-electron chi connectivity index (χ4n) is 4.38. The molecule has 37 heavy (non-hydrogen) atoms. The zero-order valence-corrected chi connectivity index (χ0v) is 21.2. The molecule has 0 atom stereocenters. The number of hydrogen-bond donors (Lipinski definition) is 0. The average molecular weight is 520 g/mol. The zero-order chi connectivity index (χ0) is 26.3. The Morgan fingerprint density at radius 1 is 0.838 bits per heavy atom. The molecule has 0 fully saturated rings. The van der Waals surface area contributed by atoms with E-state index >= 15 is 0 Å². The molecule has 0 radical (unpaired) electrons. The number of benzene rings is 3. The molecule has 0 aliphatic rings. The number of ether oxygens (including phenoxy) is 4. The second-order valence-electron chi connectivity index (χ2n) is 8.10. The van der Waals surface area contributed by atoms with Gasteiger partial charge in [-0.15, -0.1) is 0 Å². The van der Waals surface area contributed by atoms with Crippen molar-refractivity contribution in [1.29, 1.82) is 0 Å². The molecule has 0 bridgehead atoms. The van der Waals surface area contributed by atoms with Crippen molar-refractivity contribution in [3.63, 3.8) is 0 Å². The van der Waals surface area contributed by atoms with E-state index in [0.717, 1.165) is 5.39 Å². The van der Waals surface area contributed by atoms with E-state index < -0.39 is 0 Å². The molecule has 3 aromatic carbocycles. The Kier molecular flexibility index (Phi) is 6.27. The van der Waals surface area contributed by atoms with Crippen LogP contribution >= 0.6 is 11.6 Å². The number of carbonyl (C=O) groups is 1. The van der Waals surface area contributed by atoms with E-state index in [0.29, 0.717) is 44.7 Å². The van der Waals surface area contributed by atoms with Crippen molar-refractivity contribution < 1.29 is 28.2 Å². The molecular weight excluding hydrogens is 498 g/mol. The molecule has 0 aliphatic carbocycles. The van der Waals surface area contributed by atoms with E-state index in [-0.39, 0.29) is 28.1 Å². The monoisotopic (exact) mass is 519 g/mol. The van der Waals surface area contributed by atoms with Crippen LogP contribution in [0, 0.1) is 0 Å². The minimum absolute atomic E-state index is 0.236. The highest BCUT2D eigenvalue weighted by atomic mass is 35.5. The van der Waals surface area contributed by atoms with Crippen molar-refractivity contribution in [3.8, 4) is 34.3 Å². The standard InChI is InChI=1S/C28H22ClNO7/c1-33-21-8-6-17(29)12-18(21)28(32)30-10-9-15-11-16(5-7-19(15)30)22-13-20(31)25-23(37-22)14-24(34-2)26(35-3)27(25)36-4/h5-14H,1-4H3. The van der Waals surface area contributed by atoms with Crippen LogP contribution in [0.1, 0.15) is 10.4 Å². The lowest BCUT2D eigenvalue weighted by Gasteiger charge is -2.14. The predicted octanol–water partition coefficient (Wildman–Crippen LogP) is 5.79. The quantitative estimate of drug-likeness (QED) is 0.280. The van der Waals surface area contributed by atoms with Crippen LogP contribution in [0.4, 0.5) is 0 Å². The van der Waals surface area contributed by atoms with Gasteiger partial charge >= 0.3 is 0 Å². The molecule has 0 saturated heterocycles. The van der Waals surface area contributed by atoms with Crippen LogP contribution in [0.5, 0.6) is 23.0 Å². The fraction of sp³-hybridized carbons (Fsp3) is 0.143. The normalized spacial score (nSPS) is 11.1. The van der Waals surface area contributed by atoms with E-state index in [1.807, 2.05) is 12.1 Å². The maximum absolute atomic E-state index is 13.3. The Bertz CT molecular complexity index is 1730. The molecule has 5 rings (SSSR count). The van der Waals surface area contributed by atoms with E-state index in [1.165, 1.54) is 39.1 Å². The molecular formula is C28H22ClNO7. The first-order chi connectivity index (χ1) is 17.9. The van der Waals surface area contributed by atoms with Crippen LogP contribution < -0.4 is 24.4 Å². The van der Waals surface area contributed by atoms with Crippen LogP contribution in [0.2, 0.25) is 5.02 Å². The number of rotatable bonds is 6. The van der Waals surface area contributed by atoms with E-state index in [2.05, 4.69) is 0 Å². The third-order valence-electron chi connectivity index (χ3n) is 6.11. The minimum Gasteiger partial charge on any atom is -0.496 e. The number of hydrogen-bond acceptors (Lipinski definition) is 7. The lowest BCUT2D eigenvalue weighted by molar-refractivity contribution is 0.0962. The summed E-state index contributed by atoms with van der Waals surface area (Å²) in [6, 6.07) is 15.1. The van der Waals surface area contributed by atoms with Crippen LogP contribution in [0.3, 0.4) is 0 Å². The molecule has 0 amide bonds. The highest BCUT2D eigenvalue weighted by molar-refractivity contribution is 6.31. The van der Waals surface area contributed by atoms with Gasteiger partial charge in [0.15, 0.2) is 16.9 Å². The van der Waals surface area contributed by atoms with Gasteiger partial charge in [0, 0.05) is 34.3 Å². The summed E-state index contributed by atoms with van der Waals surface area (Å²) in [6.45, 7) is 0. The summed E-state index contributed by atoms with van der Waals surface area (Å²) in [5.74, 6) is 1.40. The molecule has 0 aliphatic heterocycles. The van der Waals surface area contributed by atoms with Crippen LogP contribution in [-0.2, 0) is 0 Å². The summed E-state index contributed by atoms with van der Waals surface area (Å²) >= 11 is 6.12. The summed E-state index contributed by atoms with van der Waals surface area (Å²) in [6.07, 6.45) is 1.68. The first kappa shape index (κ1) is 24.3. The van der Waals surface area contributed by atoms with Gasteiger partial charge in [0.05, 0.1) is 39.5 Å². The third-order valence-corrected chi connectivity index (χ3v) is 6.34. The van der Waals surface area contributed by atoms with Gasteiger partial charge < -0.3 is 23.4 Å². The first-order valence-corrected chi connectivity index (χ1v) is 11.5. The average Bonchev–Trinajstić information content (AvgIpc) is 3.34. The largest absolute Gasteiger partial charge is 0.496 e. The zero-order valence-electron chi connectivity index (χ0n) is 20.5. The molecule has 0 N–H and O–H groups in total. The molecule has 0 saturated carbocycles. The summed E-state index contributed by atoms with van der Waals surface area (Å²) < 4.78 is 29.2. The second-order valence-corrected chi connectivity index (χ2v) is 8.54. The predicted molar refractivity (Wildman–Crippen MR) is 141 cm³/mol. The Hall–Kier alpha value is -4.43. The second kappa shape index (κ2) is 9.55. The molecule has 9 heteroatoms. The molecule has 2 heterocycles. The molecule has 188 valence electrons. The summed E-state index contributed by atoms with van der Waals surface area (Å²) in [7, 11) is 5.91. The van der Waals surface area contributed by atoms with Gasteiger partial charge in [0.1, 0.15) is 22.5 Å². The smallest absolute Gasteiger partial charge is 0.266 e. The Balaban J connectivity index is 1.61. The highest BCUT2D eigenvalue weighted by Crippen LogP contribution is 2.43. The van der Waals surface area contributed by atoms with Crippen molar-refractivity contribution in [3.05, 3.63) is 81.6 Å². The fourth-order valence-corrected chi connectivity index (χ4v) is 4.55. The van der Waals surface area contributed by atoms with Gasteiger partial charge in [-0.2, -0.15) is 0 Å². The Labute approximate surface area is 216 Å². The first-order valence-electron chi connectivity index (χ1n) is 11.2. The van der Waals surface area contributed by atoms with E-state index in [1.54, 1.807) is 42.6 Å². The lowest BCUT2D eigenvalue weighted by Crippen LogP contribution is -2.12. The van der Waals surface area contributed by atoms with Crippen molar-refractivity contribution in [2.24, 2.45) is 0 Å². The third kappa shape index (κ3) is 4.05. The number of carbonyl (C=O) groups excluding carboxylic acids is 1. The van der Waals surface area contributed by atoms with Crippen molar-refractivity contribution in [2.45, 2.75) is 0 Å². The minimum atomic E-state index is -0.296. The highest BCUT2D eigenvalue weighted by Gasteiger charge is 2.21. The van der Waals surface area contributed by atoms with Gasteiger partial charge in [-0.25, -0.2) is 0 Å². The Morgan fingerprint density at radius 3 is 2.30 bits per heavy atom. The number of halogens is 1. The molecule has 0 unspecified atom stereocenters. The lowest BCUT2D eigenvalue weighted by atomic mass is 10.1. The maximum atomic E-state index is 13.3. The molecule has 8 nitrogen and oxygen atoms in total. The summed E-state index contributed by atoms with van der Waals surface area (Å²) in [4.78, 5) is 26.4. The topological polar surface area (TPSA) is 89.1 Å². The molecule has 2 aromatic heterocycles. The summed E-state index contributed by atoms with van der Waals surface area (Å²) in [5, 5.41) is 1.46. The van der Waals surface area contributed by atoms with E-state index in [4.69, 9.17) is 35.0 Å². The maximum Gasteiger partial charge on any atom is 0.266 e. The Morgan fingerprint density at radius 2 is 1.59 bits per heavy atom.